The van der Waals surface area contributed by atoms with Crippen molar-refractivity contribution in [1.29, 1.82) is 0 Å². The minimum absolute atomic E-state index is 0.0899. The number of pyridine rings is 1. The first kappa shape index (κ1) is 19.0. The van der Waals surface area contributed by atoms with E-state index in [1.165, 1.54) is 0 Å². The van der Waals surface area contributed by atoms with Crippen LogP contribution >= 0.6 is 11.8 Å². The molecule has 0 atom stereocenters. The second-order valence-corrected chi connectivity index (χ2v) is 7.65. The molecule has 2 aromatic heterocycles. The predicted octanol–water partition coefficient (Wildman–Crippen LogP) is 4.95. The average molecular weight is 401 g/mol. The lowest BCUT2D eigenvalue weighted by Crippen LogP contribution is -2.18. The fourth-order valence-corrected chi connectivity index (χ4v) is 4.02. The molecule has 0 fully saturated rings. The van der Waals surface area contributed by atoms with Gasteiger partial charge >= 0.3 is 0 Å². The van der Waals surface area contributed by atoms with Crippen LogP contribution in [-0.2, 0) is 0 Å². The van der Waals surface area contributed by atoms with E-state index in [0.717, 1.165) is 37.8 Å². The zero-order valence-corrected chi connectivity index (χ0v) is 17.0. The van der Waals surface area contributed by atoms with Gasteiger partial charge < -0.3 is 5.32 Å². The van der Waals surface area contributed by atoms with Crippen LogP contribution in [0.3, 0.4) is 0 Å². The fourth-order valence-electron chi connectivity index (χ4n) is 3.04. The van der Waals surface area contributed by atoms with Crippen molar-refractivity contribution in [1.82, 2.24) is 20.5 Å². The molecule has 4 aromatic rings. The quantitative estimate of drug-likeness (QED) is 0.497. The predicted molar refractivity (Wildman–Crippen MR) is 118 cm³/mol. The molecule has 0 aliphatic rings. The number of aromatic amines is 1. The van der Waals surface area contributed by atoms with Crippen LogP contribution in [0.15, 0.2) is 70.5 Å². The summed E-state index contributed by atoms with van der Waals surface area (Å²) in [4.78, 5) is 18.5. The first-order valence-corrected chi connectivity index (χ1v) is 10.0. The fraction of sp³-hybridized carbons (Fsp3) is 0.0870. The summed E-state index contributed by atoms with van der Waals surface area (Å²) in [5, 5.41) is 11.3. The number of rotatable bonds is 5. The van der Waals surface area contributed by atoms with E-state index in [9.17, 15) is 4.79 Å². The number of aromatic nitrogens is 3. The van der Waals surface area contributed by atoms with Gasteiger partial charge in [-0.1, -0.05) is 30.0 Å². The van der Waals surface area contributed by atoms with Crippen LogP contribution in [0.4, 0.5) is 0 Å². The second kappa shape index (κ2) is 8.32. The molecule has 1 amide bonds. The summed E-state index contributed by atoms with van der Waals surface area (Å²) in [7, 11) is 1.64. The Hall–Kier alpha value is -3.38. The summed E-state index contributed by atoms with van der Waals surface area (Å²) >= 11 is 1.56. The Morgan fingerprint density at radius 3 is 2.76 bits per heavy atom. The van der Waals surface area contributed by atoms with E-state index < -0.39 is 0 Å². The van der Waals surface area contributed by atoms with E-state index in [2.05, 4.69) is 26.6 Å². The van der Waals surface area contributed by atoms with Crippen LogP contribution in [0.25, 0.3) is 23.1 Å². The molecular weight excluding hydrogens is 380 g/mol. The lowest BCUT2D eigenvalue weighted by atomic mass is 10.2. The van der Waals surface area contributed by atoms with E-state index in [-0.39, 0.29) is 5.91 Å². The number of nitrogens with one attached hydrogen (secondary N) is 2. The molecule has 6 heteroatoms. The highest BCUT2D eigenvalue weighted by Gasteiger charge is 2.11. The monoisotopic (exact) mass is 400 g/mol. The first-order chi connectivity index (χ1) is 14.1. The molecule has 5 nitrogen and oxygen atoms in total. The van der Waals surface area contributed by atoms with E-state index in [1.807, 2.05) is 73.7 Å². The Balaban J connectivity index is 1.60. The van der Waals surface area contributed by atoms with Gasteiger partial charge in [0.05, 0.1) is 22.5 Å². The minimum atomic E-state index is -0.0899. The Labute approximate surface area is 173 Å². The number of carbonyl (C=O) groups is 1. The van der Waals surface area contributed by atoms with Crippen molar-refractivity contribution in [2.75, 3.05) is 7.05 Å². The summed E-state index contributed by atoms with van der Waals surface area (Å²) in [6.45, 7) is 1.97. The number of H-pyrrole nitrogens is 1. The number of carbonyl (C=O) groups excluding carboxylic acids is 1. The molecule has 2 heterocycles. The minimum Gasteiger partial charge on any atom is -0.355 e. The third-order valence-corrected chi connectivity index (χ3v) is 5.54. The Morgan fingerprint density at radius 2 is 1.93 bits per heavy atom. The van der Waals surface area contributed by atoms with Gasteiger partial charge in [0, 0.05) is 27.9 Å². The van der Waals surface area contributed by atoms with Crippen molar-refractivity contribution in [2.24, 2.45) is 0 Å². The van der Waals surface area contributed by atoms with Crippen LogP contribution in [0, 0.1) is 6.92 Å². The molecule has 0 aliphatic heterocycles. The average Bonchev–Trinajstić information content (AvgIpc) is 3.14. The molecule has 144 valence electrons. The molecule has 0 spiro atoms. The highest BCUT2D eigenvalue weighted by atomic mass is 32.2. The van der Waals surface area contributed by atoms with Crippen molar-refractivity contribution in [3.8, 4) is 0 Å². The number of hydrogen-bond donors (Lipinski definition) is 2. The molecule has 0 unspecified atom stereocenters. The van der Waals surface area contributed by atoms with Gasteiger partial charge in [0.1, 0.15) is 0 Å². The number of hydrogen-bond acceptors (Lipinski definition) is 4. The van der Waals surface area contributed by atoms with E-state index in [0.29, 0.717) is 5.56 Å². The molecule has 4 rings (SSSR count). The summed E-state index contributed by atoms with van der Waals surface area (Å²) in [5.74, 6) is -0.0899. The molecule has 29 heavy (non-hydrogen) atoms. The van der Waals surface area contributed by atoms with Crippen molar-refractivity contribution in [3.05, 3.63) is 83.3 Å². The normalized spacial score (nSPS) is 11.2. The Kier molecular flexibility index (Phi) is 5.44. The summed E-state index contributed by atoms with van der Waals surface area (Å²) in [6, 6.07) is 19.7. The number of fused-ring (bicyclic) bond motifs is 1. The lowest BCUT2D eigenvalue weighted by Gasteiger charge is -2.08. The molecule has 0 aliphatic carbocycles. The van der Waals surface area contributed by atoms with E-state index in [4.69, 9.17) is 0 Å². The zero-order chi connectivity index (χ0) is 20.2. The lowest BCUT2D eigenvalue weighted by molar-refractivity contribution is 0.0960. The molecule has 0 radical (unpaired) electrons. The van der Waals surface area contributed by atoms with Crippen LogP contribution in [0.2, 0.25) is 0 Å². The molecule has 2 N–H and O–H groups in total. The van der Waals surface area contributed by atoms with E-state index >= 15 is 0 Å². The van der Waals surface area contributed by atoms with E-state index in [1.54, 1.807) is 18.8 Å². The topological polar surface area (TPSA) is 70.7 Å². The molecule has 0 saturated heterocycles. The number of aryl methyl sites for hydroxylation is 1. The van der Waals surface area contributed by atoms with Gasteiger partial charge in [0.25, 0.3) is 5.91 Å². The number of amides is 1. The van der Waals surface area contributed by atoms with Gasteiger partial charge in [-0.05, 0) is 61.5 Å². The molecular formula is C23H20N4OS. The van der Waals surface area contributed by atoms with Gasteiger partial charge in [0.15, 0.2) is 0 Å². The standard InChI is InChI=1S/C23H20N4OS/c1-15-6-5-7-16(25-15)10-13-20-18-12-11-17(14-21(18)27-26-20)29-22-9-4-3-8-19(22)23(28)24-2/h3-14H,1-2H3,(H,24,28)(H,26,27)/b13-10+. The highest BCUT2D eigenvalue weighted by Crippen LogP contribution is 2.32. The maximum absolute atomic E-state index is 12.1. The van der Waals surface area contributed by atoms with Gasteiger partial charge in [-0.25, -0.2) is 0 Å². The van der Waals surface area contributed by atoms with Crippen LogP contribution in [0.1, 0.15) is 27.4 Å². The van der Waals surface area contributed by atoms with Crippen molar-refractivity contribution >= 4 is 40.7 Å². The summed E-state index contributed by atoms with van der Waals surface area (Å²) < 4.78 is 0. The smallest absolute Gasteiger partial charge is 0.252 e. The van der Waals surface area contributed by atoms with Crippen molar-refractivity contribution < 1.29 is 4.79 Å². The van der Waals surface area contributed by atoms with Crippen LogP contribution < -0.4 is 5.32 Å². The largest absolute Gasteiger partial charge is 0.355 e. The SMILES string of the molecule is CNC(=O)c1ccccc1Sc1ccc2c(/C=C/c3cccc(C)n3)n[nH]c2c1. The third kappa shape index (κ3) is 4.22. The zero-order valence-electron chi connectivity index (χ0n) is 16.1. The Bertz CT molecular complexity index is 1210. The van der Waals surface area contributed by atoms with Gasteiger partial charge in [-0.15, -0.1) is 0 Å². The molecule has 0 bridgehead atoms. The summed E-state index contributed by atoms with van der Waals surface area (Å²) in [5.41, 5.74) is 4.37. The summed E-state index contributed by atoms with van der Waals surface area (Å²) in [6.07, 6.45) is 3.93. The van der Waals surface area contributed by atoms with Crippen LogP contribution in [-0.4, -0.2) is 28.1 Å². The number of nitrogens with zero attached hydrogens (tertiary/aromatic N) is 2. The van der Waals surface area contributed by atoms with Gasteiger partial charge in [0.2, 0.25) is 0 Å². The maximum atomic E-state index is 12.1. The Morgan fingerprint density at radius 1 is 1.07 bits per heavy atom. The molecule has 0 saturated carbocycles. The van der Waals surface area contributed by atoms with Crippen LogP contribution in [0.5, 0.6) is 0 Å². The highest BCUT2D eigenvalue weighted by molar-refractivity contribution is 7.99. The molecule has 2 aromatic carbocycles. The van der Waals surface area contributed by atoms with Crippen molar-refractivity contribution in [3.63, 3.8) is 0 Å². The third-order valence-electron chi connectivity index (χ3n) is 4.47. The first-order valence-electron chi connectivity index (χ1n) is 9.23. The number of benzene rings is 2. The van der Waals surface area contributed by atoms with Gasteiger partial charge in [-0.3, -0.25) is 14.9 Å². The van der Waals surface area contributed by atoms with Crippen molar-refractivity contribution in [2.45, 2.75) is 16.7 Å². The second-order valence-electron chi connectivity index (χ2n) is 6.53. The van der Waals surface area contributed by atoms with Gasteiger partial charge in [-0.2, -0.15) is 5.10 Å². The maximum Gasteiger partial charge on any atom is 0.252 e.